The van der Waals surface area contributed by atoms with Gasteiger partial charge in [-0.1, -0.05) is 54.6 Å². The summed E-state index contributed by atoms with van der Waals surface area (Å²) < 4.78 is 39.0. The zero-order chi connectivity index (χ0) is 28.3. The second-order valence-electron chi connectivity index (χ2n) is 8.90. The monoisotopic (exact) mass is 573 g/mol. The van der Waals surface area contributed by atoms with Crippen LogP contribution in [-0.4, -0.2) is 48.5 Å². The number of fused-ring (bicyclic) bond motifs is 1. The molecule has 1 heterocycles. The molecule has 10 nitrogen and oxygen atoms in total. The number of rotatable bonds is 9. The van der Waals surface area contributed by atoms with Gasteiger partial charge in [-0.15, -0.1) is 9.19 Å². The summed E-state index contributed by atoms with van der Waals surface area (Å²) in [4.78, 5) is 24.2. The van der Waals surface area contributed by atoms with Crippen molar-refractivity contribution in [3.05, 3.63) is 103 Å². The first-order valence-electron chi connectivity index (χ1n) is 12.3. The zero-order valence-electron chi connectivity index (χ0n) is 22.2. The fourth-order valence-corrected chi connectivity index (χ4v) is 5.45. The molecule has 210 valence electrons. The second kappa shape index (κ2) is 12.0. The summed E-state index contributed by atoms with van der Waals surface area (Å²) in [6.07, 6.45) is 0. The van der Waals surface area contributed by atoms with E-state index in [1.54, 1.807) is 30.3 Å². The third kappa shape index (κ3) is 6.11. The Hall–Kier alpha value is -5.00. The Labute approximate surface area is 236 Å². The number of hydrogen-bond acceptors (Lipinski definition) is 7. The van der Waals surface area contributed by atoms with E-state index in [0.717, 1.165) is 15.2 Å². The smallest absolute Gasteiger partial charge is 0.283 e. The third-order valence-electron chi connectivity index (χ3n) is 6.18. The molecule has 0 unspecified atom stereocenters. The number of carbonyl (C=O) groups excluding carboxylic acids is 2. The molecule has 3 N–H and O–H groups in total. The fraction of sp³-hybridized carbons (Fsp3) is 0.100. The predicted molar refractivity (Wildman–Crippen MR) is 155 cm³/mol. The molecule has 0 bridgehead atoms. The maximum Gasteiger partial charge on any atom is 0.283 e. The van der Waals surface area contributed by atoms with Crippen molar-refractivity contribution < 1.29 is 33.0 Å². The molecular formula is C30H27N3O7S. The predicted octanol–water partition coefficient (Wildman–Crippen LogP) is 4.34. The molecule has 0 saturated heterocycles. The van der Waals surface area contributed by atoms with Gasteiger partial charge in [0.05, 0.1) is 22.9 Å². The molecule has 0 aliphatic heterocycles. The van der Waals surface area contributed by atoms with Crippen LogP contribution < -0.4 is 14.8 Å². The molecule has 5 aromatic rings. The van der Waals surface area contributed by atoms with E-state index in [0.29, 0.717) is 22.4 Å². The largest absolute Gasteiger partial charge is 0.497 e. The van der Waals surface area contributed by atoms with Crippen LogP contribution in [0.2, 0.25) is 0 Å². The highest BCUT2D eigenvalue weighted by molar-refractivity contribution is 7.90. The van der Waals surface area contributed by atoms with E-state index in [-0.39, 0.29) is 40.1 Å². The fourth-order valence-electron chi connectivity index (χ4n) is 4.17. The van der Waals surface area contributed by atoms with Gasteiger partial charge in [-0.2, -0.15) is 8.42 Å². The number of amides is 1. The van der Waals surface area contributed by atoms with Crippen LogP contribution in [0.15, 0.2) is 102 Å². The van der Waals surface area contributed by atoms with E-state index in [9.17, 15) is 18.0 Å². The van der Waals surface area contributed by atoms with Crippen LogP contribution in [0, 0.1) is 0 Å². The summed E-state index contributed by atoms with van der Waals surface area (Å²) in [5.41, 5.74) is 3.18. The molecule has 1 aromatic heterocycles. The number of ketones is 1. The van der Waals surface area contributed by atoms with Crippen LogP contribution in [-0.2, 0) is 14.8 Å². The Kier molecular flexibility index (Phi) is 8.51. The Balaban J connectivity index is 0.00000387. The number of hydrogen-bond donors (Lipinski definition) is 1. The molecule has 0 aliphatic rings. The SMILES string of the molecule is COc1ccc2c(c1)c(OCC(=O)c1ccc(-c3ccccc3)cc1)nn2S(=O)(=O)c1ccc(NC(C)=O)cc1.O. The maximum atomic E-state index is 13.5. The number of ether oxygens (including phenoxy) is 2. The average Bonchev–Trinajstić information content (AvgIpc) is 3.35. The maximum absolute atomic E-state index is 13.5. The van der Waals surface area contributed by atoms with E-state index < -0.39 is 10.0 Å². The summed E-state index contributed by atoms with van der Waals surface area (Å²) in [7, 11) is -2.66. The molecule has 0 fully saturated rings. The van der Waals surface area contributed by atoms with Crippen molar-refractivity contribution in [1.29, 1.82) is 0 Å². The van der Waals surface area contributed by atoms with Crippen LogP contribution in [0.4, 0.5) is 5.69 Å². The summed E-state index contributed by atoms with van der Waals surface area (Å²) in [5, 5.41) is 7.20. The Bertz CT molecular complexity index is 1800. The highest BCUT2D eigenvalue weighted by atomic mass is 32.2. The zero-order valence-corrected chi connectivity index (χ0v) is 23.0. The topological polar surface area (TPSA) is 148 Å². The van der Waals surface area contributed by atoms with E-state index in [1.807, 2.05) is 42.5 Å². The van der Waals surface area contributed by atoms with Gasteiger partial charge in [-0.3, -0.25) is 9.59 Å². The van der Waals surface area contributed by atoms with Crippen LogP contribution in [0.5, 0.6) is 11.6 Å². The van der Waals surface area contributed by atoms with Crippen molar-refractivity contribution in [2.45, 2.75) is 11.8 Å². The highest BCUT2D eigenvalue weighted by Gasteiger charge is 2.25. The first-order chi connectivity index (χ1) is 19.3. The van der Waals surface area contributed by atoms with E-state index in [1.165, 1.54) is 38.3 Å². The lowest BCUT2D eigenvalue weighted by molar-refractivity contribution is -0.114. The number of nitrogens with zero attached hydrogens (tertiary/aromatic N) is 2. The number of aromatic nitrogens is 2. The molecule has 0 spiro atoms. The van der Waals surface area contributed by atoms with Gasteiger partial charge in [0.25, 0.3) is 10.0 Å². The molecule has 5 rings (SSSR count). The highest BCUT2D eigenvalue weighted by Crippen LogP contribution is 2.32. The standard InChI is InChI=1S/C30H25N3O6S.H2O/c1-20(34)31-24-12-15-26(16-13-24)40(36,37)33-28-17-14-25(38-2)18-27(28)30(32-33)39-19-29(35)23-10-8-22(9-11-23)21-6-4-3-5-7-21;/h3-18H,19H2,1-2H3,(H,31,34);1H2. The summed E-state index contributed by atoms with van der Waals surface area (Å²) in [5.74, 6) is -0.119. The molecule has 0 atom stereocenters. The van der Waals surface area contributed by atoms with E-state index >= 15 is 0 Å². The van der Waals surface area contributed by atoms with Crippen LogP contribution in [0.25, 0.3) is 22.0 Å². The van der Waals surface area contributed by atoms with Gasteiger partial charge in [-0.05, 0) is 53.6 Å². The number of benzene rings is 4. The van der Waals surface area contributed by atoms with Gasteiger partial charge in [-0.25, -0.2) is 0 Å². The minimum Gasteiger partial charge on any atom is -0.497 e. The Morgan fingerprint density at radius 2 is 1.54 bits per heavy atom. The van der Waals surface area contributed by atoms with Crippen molar-refractivity contribution in [2.24, 2.45) is 0 Å². The van der Waals surface area contributed by atoms with Crippen molar-refractivity contribution in [2.75, 3.05) is 19.0 Å². The molecule has 1 amide bonds. The summed E-state index contributed by atoms with van der Waals surface area (Å²) in [6.45, 7) is 1.01. The van der Waals surface area contributed by atoms with Gasteiger partial charge in [0, 0.05) is 18.2 Å². The first-order valence-corrected chi connectivity index (χ1v) is 13.7. The van der Waals surface area contributed by atoms with E-state index in [2.05, 4.69) is 10.4 Å². The van der Waals surface area contributed by atoms with Gasteiger partial charge < -0.3 is 20.3 Å². The molecule has 11 heteroatoms. The number of methoxy groups -OCH3 is 1. The number of anilines is 1. The third-order valence-corrected chi connectivity index (χ3v) is 7.78. The van der Waals surface area contributed by atoms with Crippen molar-refractivity contribution in [3.8, 4) is 22.8 Å². The van der Waals surface area contributed by atoms with Gasteiger partial charge in [0.1, 0.15) is 5.75 Å². The normalized spacial score (nSPS) is 11.0. The number of carbonyl (C=O) groups is 2. The number of Topliss-reactive ketones (excluding diaryl/α,β-unsaturated/α-hetero) is 1. The van der Waals surface area contributed by atoms with Crippen LogP contribution in [0.1, 0.15) is 17.3 Å². The quantitative estimate of drug-likeness (QED) is 0.258. The first kappa shape index (κ1) is 29.0. The van der Waals surface area contributed by atoms with Crippen LogP contribution in [0.3, 0.4) is 0 Å². The minimum absolute atomic E-state index is 0. The average molecular weight is 574 g/mol. The molecule has 0 saturated carbocycles. The van der Waals surface area contributed by atoms with Crippen LogP contribution >= 0.6 is 0 Å². The summed E-state index contributed by atoms with van der Waals surface area (Å²) >= 11 is 0. The summed E-state index contributed by atoms with van der Waals surface area (Å²) in [6, 6.07) is 27.5. The minimum atomic E-state index is -4.14. The van der Waals surface area contributed by atoms with Crippen molar-refractivity contribution in [3.63, 3.8) is 0 Å². The molecule has 0 aliphatic carbocycles. The number of nitrogens with one attached hydrogen (secondary N) is 1. The Morgan fingerprint density at radius 1 is 0.878 bits per heavy atom. The lowest BCUT2D eigenvalue weighted by atomic mass is 10.0. The lowest BCUT2D eigenvalue weighted by Crippen LogP contribution is -2.16. The molecule has 4 aromatic carbocycles. The van der Waals surface area contributed by atoms with E-state index in [4.69, 9.17) is 9.47 Å². The second-order valence-corrected chi connectivity index (χ2v) is 10.7. The van der Waals surface area contributed by atoms with Crippen molar-refractivity contribution >= 4 is 38.3 Å². The van der Waals surface area contributed by atoms with Gasteiger partial charge in [0.2, 0.25) is 11.8 Å². The van der Waals surface area contributed by atoms with Gasteiger partial charge >= 0.3 is 0 Å². The molecular weight excluding hydrogens is 546 g/mol. The van der Waals surface area contributed by atoms with Gasteiger partial charge in [0.15, 0.2) is 12.4 Å². The Morgan fingerprint density at radius 3 is 2.17 bits per heavy atom. The van der Waals surface area contributed by atoms with Crippen molar-refractivity contribution in [1.82, 2.24) is 9.19 Å². The lowest BCUT2D eigenvalue weighted by Gasteiger charge is -2.07. The molecule has 0 radical (unpaired) electrons. The molecule has 41 heavy (non-hydrogen) atoms.